The van der Waals surface area contributed by atoms with Crippen LogP contribution in [0.3, 0.4) is 0 Å². The molecule has 0 spiro atoms. The summed E-state index contributed by atoms with van der Waals surface area (Å²) in [6.45, 7) is 4.35. The normalized spacial score (nSPS) is 15.4. The molecule has 1 heterocycles. The van der Waals surface area contributed by atoms with E-state index in [9.17, 15) is 0 Å². The fraction of sp³-hybridized carbons (Fsp3) is 0.778. The lowest BCUT2D eigenvalue weighted by molar-refractivity contribution is 0.475. The van der Waals surface area contributed by atoms with Crippen molar-refractivity contribution in [2.75, 3.05) is 5.75 Å². The monoisotopic (exact) mass is 214 g/mol. The van der Waals surface area contributed by atoms with Crippen molar-refractivity contribution < 1.29 is 0 Å². The molecule has 4 nitrogen and oxygen atoms in total. The molecule has 14 heavy (non-hydrogen) atoms. The summed E-state index contributed by atoms with van der Waals surface area (Å²) in [5.41, 5.74) is 6.02. The summed E-state index contributed by atoms with van der Waals surface area (Å²) >= 11 is 1.67. The number of thioether (sulfide) groups is 1. The molecule has 0 aromatic carbocycles. The first-order valence-electron chi connectivity index (χ1n) is 4.87. The molecule has 0 aliphatic rings. The van der Waals surface area contributed by atoms with E-state index in [-0.39, 0.29) is 6.04 Å². The first-order valence-corrected chi connectivity index (χ1v) is 5.86. The zero-order chi connectivity index (χ0) is 10.6. The predicted molar refractivity (Wildman–Crippen MR) is 59.2 cm³/mol. The second kappa shape index (κ2) is 5.36. The van der Waals surface area contributed by atoms with E-state index in [1.165, 1.54) is 0 Å². The van der Waals surface area contributed by atoms with Gasteiger partial charge in [0.05, 0.1) is 0 Å². The van der Waals surface area contributed by atoms with Crippen LogP contribution in [0.4, 0.5) is 0 Å². The zero-order valence-electron chi connectivity index (χ0n) is 8.97. The molecule has 1 aromatic heterocycles. The van der Waals surface area contributed by atoms with Crippen molar-refractivity contribution in [1.82, 2.24) is 14.8 Å². The van der Waals surface area contributed by atoms with Crippen LogP contribution in [0.15, 0.2) is 11.5 Å². The second-order valence-electron chi connectivity index (χ2n) is 3.58. The van der Waals surface area contributed by atoms with Crippen molar-refractivity contribution >= 4 is 11.8 Å². The predicted octanol–water partition coefficient (Wildman–Crippen LogP) is 1.28. The molecule has 0 bridgehead atoms. The summed E-state index contributed by atoms with van der Waals surface area (Å²) in [5.74, 6) is 1.47. The summed E-state index contributed by atoms with van der Waals surface area (Å²) in [6.07, 6.45) is 2.83. The van der Waals surface area contributed by atoms with Gasteiger partial charge in [0.2, 0.25) is 0 Å². The van der Waals surface area contributed by atoms with E-state index < -0.39 is 0 Å². The highest BCUT2D eigenvalue weighted by Crippen LogP contribution is 2.17. The average molecular weight is 214 g/mol. The fourth-order valence-corrected chi connectivity index (χ4v) is 2.07. The third kappa shape index (κ3) is 2.99. The summed E-state index contributed by atoms with van der Waals surface area (Å²) in [4.78, 5) is 0. The van der Waals surface area contributed by atoms with E-state index in [4.69, 9.17) is 5.73 Å². The van der Waals surface area contributed by atoms with Crippen molar-refractivity contribution in [3.05, 3.63) is 6.33 Å². The van der Waals surface area contributed by atoms with Crippen molar-refractivity contribution in [2.45, 2.75) is 31.5 Å². The highest BCUT2D eigenvalue weighted by atomic mass is 32.2. The lowest BCUT2D eigenvalue weighted by Gasteiger charge is -2.16. The molecule has 2 N–H and O–H groups in total. The second-order valence-corrected chi connectivity index (χ2v) is 4.57. The van der Waals surface area contributed by atoms with Gasteiger partial charge in [0.15, 0.2) is 5.16 Å². The zero-order valence-corrected chi connectivity index (χ0v) is 9.79. The van der Waals surface area contributed by atoms with Gasteiger partial charge in [0.1, 0.15) is 6.33 Å². The molecule has 0 aliphatic heterocycles. The molecule has 0 fully saturated rings. The Balaban J connectivity index is 2.37. The Labute approximate surface area is 89.3 Å². The number of rotatable bonds is 5. The van der Waals surface area contributed by atoms with Gasteiger partial charge in [-0.1, -0.05) is 32.0 Å². The minimum absolute atomic E-state index is 0.238. The Morgan fingerprint density at radius 1 is 1.64 bits per heavy atom. The number of hydrogen-bond donors (Lipinski definition) is 1. The third-order valence-corrected chi connectivity index (χ3v) is 3.63. The maximum absolute atomic E-state index is 6.02. The average Bonchev–Trinajstić information content (AvgIpc) is 2.59. The van der Waals surface area contributed by atoms with Crippen LogP contribution < -0.4 is 5.73 Å². The van der Waals surface area contributed by atoms with Crippen molar-refractivity contribution in [3.63, 3.8) is 0 Å². The molecule has 0 radical (unpaired) electrons. The molecule has 0 unspecified atom stereocenters. The minimum atomic E-state index is 0.238. The molecular formula is C9H18N4S. The van der Waals surface area contributed by atoms with E-state index in [0.717, 1.165) is 17.3 Å². The summed E-state index contributed by atoms with van der Waals surface area (Å²) in [5, 5.41) is 8.74. The number of nitrogens with two attached hydrogens (primary N) is 1. The molecule has 80 valence electrons. The maximum Gasteiger partial charge on any atom is 0.190 e. The van der Waals surface area contributed by atoms with E-state index in [0.29, 0.717) is 5.92 Å². The van der Waals surface area contributed by atoms with Gasteiger partial charge in [-0.2, -0.15) is 0 Å². The van der Waals surface area contributed by atoms with Crippen LogP contribution in [0, 0.1) is 5.92 Å². The van der Waals surface area contributed by atoms with Crippen LogP contribution in [-0.4, -0.2) is 26.6 Å². The quantitative estimate of drug-likeness (QED) is 0.750. The SMILES string of the molecule is CC[C@H](C)[C@H](N)CSc1nncn1C. The third-order valence-electron chi connectivity index (χ3n) is 2.45. The molecule has 0 aliphatic carbocycles. The smallest absolute Gasteiger partial charge is 0.190 e. The van der Waals surface area contributed by atoms with Crippen LogP contribution in [0.2, 0.25) is 0 Å². The lowest BCUT2D eigenvalue weighted by atomic mass is 10.0. The molecule has 5 heteroatoms. The van der Waals surface area contributed by atoms with Crippen molar-refractivity contribution in [2.24, 2.45) is 18.7 Å². The van der Waals surface area contributed by atoms with Gasteiger partial charge in [-0.3, -0.25) is 0 Å². The Hall–Kier alpha value is -0.550. The standard InChI is InChI=1S/C9H18N4S/c1-4-7(2)8(10)5-14-9-12-11-6-13(9)3/h6-8H,4-5,10H2,1-3H3/t7-,8+/m0/s1. The fourth-order valence-electron chi connectivity index (χ4n) is 1.04. The molecule has 1 aromatic rings. The van der Waals surface area contributed by atoms with Gasteiger partial charge in [0.25, 0.3) is 0 Å². The molecular weight excluding hydrogens is 196 g/mol. The van der Waals surface area contributed by atoms with Gasteiger partial charge in [-0.15, -0.1) is 10.2 Å². The number of nitrogens with zero attached hydrogens (tertiary/aromatic N) is 3. The Bertz CT molecular complexity index is 274. The number of aromatic nitrogens is 3. The molecule has 2 atom stereocenters. The van der Waals surface area contributed by atoms with Crippen molar-refractivity contribution in [1.29, 1.82) is 0 Å². The Kier molecular flexibility index (Phi) is 4.41. The topological polar surface area (TPSA) is 56.7 Å². The summed E-state index contributed by atoms with van der Waals surface area (Å²) in [7, 11) is 1.94. The Morgan fingerprint density at radius 3 is 2.86 bits per heavy atom. The largest absolute Gasteiger partial charge is 0.327 e. The Morgan fingerprint density at radius 2 is 2.36 bits per heavy atom. The minimum Gasteiger partial charge on any atom is -0.327 e. The first-order chi connectivity index (χ1) is 6.65. The molecule has 1 rings (SSSR count). The molecule has 0 saturated carbocycles. The summed E-state index contributed by atoms with van der Waals surface area (Å²) in [6, 6.07) is 0.238. The summed E-state index contributed by atoms with van der Waals surface area (Å²) < 4.78 is 1.91. The number of hydrogen-bond acceptors (Lipinski definition) is 4. The highest BCUT2D eigenvalue weighted by Gasteiger charge is 2.12. The van der Waals surface area contributed by atoms with Gasteiger partial charge < -0.3 is 10.3 Å². The lowest BCUT2D eigenvalue weighted by Crippen LogP contribution is -2.30. The van der Waals surface area contributed by atoms with Crippen LogP contribution in [0.1, 0.15) is 20.3 Å². The van der Waals surface area contributed by atoms with Gasteiger partial charge >= 0.3 is 0 Å². The van der Waals surface area contributed by atoms with Crippen molar-refractivity contribution in [3.8, 4) is 0 Å². The van der Waals surface area contributed by atoms with Gasteiger partial charge in [0, 0.05) is 18.8 Å². The first kappa shape index (κ1) is 11.5. The highest BCUT2D eigenvalue weighted by molar-refractivity contribution is 7.99. The van der Waals surface area contributed by atoms with E-state index in [2.05, 4.69) is 24.0 Å². The van der Waals surface area contributed by atoms with E-state index in [1.54, 1.807) is 18.1 Å². The van der Waals surface area contributed by atoms with Crippen LogP contribution in [-0.2, 0) is 7.05 Å². The van der Waals surface area contributed by atoms with Gasteiger partial charge in [-0.25, -0.2) is 0 Å². The van der Waals surface area contributed by atoms with E-state index >= 15 is 0 Å². The van der Waals surface area contributed by atoms with E-state index in [1.807, 2.05) is 11.6 Å². The molecule has 0 saturated heterocycles. The number of aryl methyl sites for hydroxylation is 1. The molecule has 0 amide bonds. The van der Waals surface area contributed by atoms with Crippen LogP contribution in [0.25, 0.3) is 0 Å². The van der Waals surface area contributed by atoms with Gasteiger partial charge in [-0.05, 0) is 5.92 Å². The van der Waals surface area contributed by atoms with Crippen LogP contribution >= 0.6 is 11.8 Å². The van der Waals surface area contributed by atoms with Crippen LogP contribution in [0.5, 0.6) is 0 Å². The maximum atomic E-state index is 6.02.